The van der Waals surface area contributed by atoms with Crippen LogP contribution in [0.15, 0.2) is 65.4 Å². The van der Waals surface area contributed by atoms with Gasteiger partial charge >= 0.3 is 17.9 Å². The summed E-state index contributed by atoms with van der Waals surface area (Å²) in [4.78, 5) is 50.8. The molecule has 0 N–H and O–H groups in total. The molecule has 0 bridgehead atoms. The Labute approximate surface area is 191 Å². The van der Waals surface area contributed by atoms with Crippen molar-refractivity contribution in [2.75, 3.05) is 25.7 Å². The third-order valence-electron chi connectivity index (χ3n) is 5.07. The highest BCUT2D eigenvalue weighted by atomic mass is 16.5. The first kappa shape index (κ1) is 23.5. The van der Waals surface area contributed by atoms with Crippen LogP contribution >= 0.6 is 0 Å². The van der Waals surface area contributed by atoms with Crippen molar-refractivity contribution in [2.45, 2.75) is 13.8 Å². The molecule has 0 spiro atoms. The van der Waals surface area contributed by atoms with Crippen LogP contribution in [0.4, 0.5) is 5.69 Å². The summed E-state index contributed by atoms with van der Waals surface area (Å²) in [5, 5.41) is 0. The first-order valence-corrected chi connectivity index (χ1v) is 10.1. The average molecular weight is 449 g/mol. The molecule has 33 heavy (non-hydrogen) atoms. The van der Waals surface area contributed by atoms with Crippen molar-refractivity contribution in [1.29, 1.82) is 0 Å². The Morgan fingerprint density at radius 2 is 1.39 bits per heavy atom. The van der Waals surface area contributed by atoms with Crippen molar-refractivity contribution in [2.24, 2.45) is 0 Å². The molecule has 0 saturated carbocycles. The summed E-state index contributed by atoms with van der Waals surface area (Å²) in [6.07, 6.45) is 1.56. The lowest BCUT2D eigenvalue weighted by Crippen LogP contribution is -2.24. The lowest BCUT2D eigenvalue weighted by molar-refractivity contribution is -0.136. The van der Waals surface area contributed by atoms with Gasteiger partial charge in [-0.15, -0.1) is 0 Å². The molecule has 0 aromatic heterocycles. The number of hydrogen-bond donors (Lipinski definition) is 0. The summed E-state index contributed by atoms with van der Waals surface area (Å²) in [5.41, 5.74) is 2.49. The van der Waals surface area contributed by atoms with Crippen LogP contribution in [0.2, 0.25) is 0 Å². The molecule has 2 aromatic rings. The molecule has 0 saturated heterocycles. The predicted molar refractivity (Wildman–Crippen MR) is 120 cm³/mol. The minimum absolute atomic E-state index is 0.133. The summed E-state index contributed by atoms with van der Waals surface area (Å²) in [6.45, 7) is 3.61. The summed E-state index contributed by atoms with van der Waals surface area (Å²) in [6, 6.07) is 12.8. The number of anilines is 1. The number of amides is 1. The summed E-state index contributed by atoms with van der Waals surface area (Å²) in [7, 11) is 2.53. The lowest BCUT2D eigenvalue weighted by Gasteiger charge is -2.18. The Morgan fingerprint density at radius 3 is 1.94 bits per heavy atom. The van der Waals surface area contributed by atoms with Crippen molar-refractivity contribution >= 4 is 35.6 Å². The molecule has 0 atom stereocenters. The maximum absolute atomic E-state index is 13.3. The third kappa shape index (κ3) is 4.69. The number of benzene rings is 2. The molecule has 8 nitrogen and oxygen atoms in total. The minimum atomic E-state index is -0.649. The van der Waals surface area contributed by atoms with Gasteiger partial charge in [0.05, 0.1) is 43.1 Å². The minimum Gasteiger partial charge on any atom is -0.465 e. The molecule has 1 aliphatic heterocycles. The molecule has 0 radical (unpaired) electrons. The normalized spacial score (nSPS) is 14.5. The summed E-state index contributed by atoms with van der Waals surface area (Å²) < 4.78 is 14.6. The van der Waals surface area contributed by atoms with Gasteiger partial charge < -0.3 is 14.2 Å². The molecule has 0 fully saturated rings. The van der Waals surface area contributed by atoms with Crippen LogP contribution in [-0.4, -0.2) is 44.6 Å². The van der Waals surface area contributed by atoms with E-state index in [4.69, 9.17) is 14.2 Å². The number of allylic oxidation sites excluding steroid dienone is 1. The fourth-order valence-electron chi connectivity index (χ4n) is 3.45. The number of ether oxygens (including phenoxy) is 3. The number of hydrogen-bond acceptors (Lipinski definition) is 7. The van der Waals surface area contributed by atoms with Crippen LogP contribution in [0, 0.1) is 0 Å². The van der Waals surface area contributed by atoms with Crippen molar-refractivity contribution < 1.29 is 33.4 Å². The molecule has 3 rings (SSSR count). The van der Waals surface area contributed by atoms with E-state index in [0.717, 1.165) is 0 Å². The predicted octanol–water partition coefficient (Wildman–Crippen LogP) is 3.53. The van der Waals surface area contributed by atoms with Crippen LogP contribution in [-0.2, 0) is 23.8 Å². The number of rotatable bonds is 6. The first-order valence-electron chi connectivity index (χ1n) is 10.1. The molecular weight excluding hydrogens is 426 g/mol. The zero-order chi connectivity index (χ0) is 24.1. The molecular formula is C25H23NO7. The lowest BCUT2D eigenvalue weighted by atomic mass is 10.0. The highest BCUT2D eigenvalue weighted by Gasteiger charge is 2.38. The van der Waals surface area contributed by atoms with Gasteiger partial charge in [0.15, 0.2) is 0 Å². The molecule has 170 valence electrons. The average Bonchev–Trinajstić information content (AvgIpc) is 3.07. The van der Waals surface area contributed by atoms with Gasteiger partial charge in [0.25, 0.3) is 5.91 Å². The second-order valence-electron chi connectivity index (χ2n) is 7.03. The highest BCUT2D eigenvalue weighted by Crippen LogP contribution is 2.35. The number of methoxy groups -OCH3 is 2. The molecule has 1 aliphatic rings. The Balaban J connectivity index is 2.00. The summed E-state index contributed by atoms with van der Waals surface area (Å²) in [5.74, 6) is -2.01. The van der Waals surface area contributed by atoms with Crippen molar-refractivity contribution in [3.05, 3.63) is 82.1 Å². The van der Waals surface area contributed by atoms with Gasteiger partial charge in [0.1, 0.15) is 0 Å². The number of carbonyl (C=O) groups excluding carboxylic acids is 4. The molecule has 1 heterocycles. The Hall–Kier alpha value is -4.20. The highest BCUT2D eigenvalue weighted by molar-refractivity contribution is 6.23. The van der Waals surface area contributed by atoms with E-state index in [0.29, 0.717) is 28.1 Å². The van der Waals surface area contributed by atoms with Gasteiger partial charge in [-0.1, -0.05) is 12.1 Å². The van der Waals surface area contributed by atoms with E-state index in [1.165, 1.54) is 19.1 Å². The van der Waals surface area contributed by atoms with Crippen LogP contribution in [0.1, 0.15) is 40.1 Å². The molecule has 0 aliphatic carbocycles. The fourth-order valence-corrected chi connectivity index (χ4v) is 3.45. The van der Waals surface area contributed by atoms with Crippen LogP contribution in [0.5, 0.6) is 0 Å². The molecule has 2 aromatic carbocycles. The van der Waals surface area contributed by atoms with Crippen LogP contribution in [0.25, 0.3) is 6.08 Å². The van der Waals surface area contributed by atoms with Gasteiger partial charge in [-0.05, 0) is 61.9 Å². The van der Waals surface area contributed by atoms with Crippen LogP contribution < -0.4 is 4.90 Å². The van der Waals surface area contributed by atoms with E-state index >= 15 is 0 Å². The number of carbonyl (C=O) groups is 4. The topological polar surface area (TPSA) is 99.2 Å². The van der Waals surface area contributed by atoms with Gasteiger partial charge in [-0.2, -0.15) is 0 Å². The van der Waals surface area contributed by atoms with E-state index in [1.807, 2.05) is 0 Å². The van der Waals surface area contributed by atoms with Gasteiger partial charge in [-0.25, -0.2) is 14.4 Å². The summed E-state index contributed by atoms with van der Waals surface area (Å²) >= 11 is 0. The number of nitrogens with zero attached hydrogens (tertiary/aromatic N) is 1. The SMILES string of the molecule is CCOC(=O)c1ccc(N2C(=O)/C(=C\c3ccc(C(=O)OC)cc3)C(C(=O)OC)=C2C)cc1. The van der Waals surface area contributed by atoms with Gasteiger partial charge in [-0.3, -0.25) is 9.69 Å². The maximum Gasteiger partial charge on any atom is 0.340 e. The van der Waals surface area contributed by atoms with Gasteiger partial charge in [0.2, 0.25) is 0 Å². The van der Waals surface area contributed by atoms with Crippen LogP contribution in [0.3, 0.4) is 0 Å². The zero-order valence-corrected chi connectivity index (χ0v) is 18.7. The van der Waals surface area contributed by atoms with E-state index in [9.17, 15) is 19.2 Å². The zero-order valence-electron chi connectivity index (χ0n) is 18.7. The Kier molecular flexibility index (Phi) is 7.07. The van der Waals surface area contributed by atoms with E-state index in [-0.39, 0.29) is 17.8 Å². The second kappa shape index (κ2) is 9.95. The van der Waals surface area contributed by atoms with Crippen molar-refractivity contribution in [3.8, 4) is 0 Å². The monoisotopic (exact) mass is 449 g/mol. The largest absolute Gasteiger partial charge is 0.465 e. The van der Waals surface area contributed by atoms with Crippen molar-refractivity contribution in [1.82, 2.24) is 0 Å². The fraction of sp³-hybridized carbons (Fsp3) is 0.200. The van der Waals surface area contributed by atoms with E-state index in [2.05, 4.69) is 0 Å². The molecule has 0 unspecified atom stereocenters. The Morgan fingerprint density at radius 1 is 0.848 bits per heavy atom. The smallest absolute Gasteiger partial charge is 0.340 e. The second-order valence-corrected chi connectivity index (χ2v) is 7.03. The third-order valence-corrected chi connectivity index (χ3v) is 5.07. The van der Waals surface area contributed by atoms with E-state index < -0.39 is 23.8 Å². The first-order chi connectivity index (χ1) is 15.8. The standard InChI is InChI=1S/C25H23NO7/c1-5-33-24(29)18-10-12-19(13-11-18)26-15(2)21(25(30)32-4)20(22(26)27)14-16-6-8-17(9-7-16)23(28)31-3/h6-14H,5H2,1-4H3/b20-14-. The Bertz CT molecular complexity index is 1160. The quantitative estimate of drug-likeness (QED) is 0.378. The van der Waals surface area contributed by atoms with Crippen molar-refractivity contribution in [3.63, 3.8) is 0 Å². The molecule has 8 heteroatoms. The molecule has 1 amide bonds. The van der Waals surface area contributed by atoms with E-state index in [1.54, 1.807) is 68.5 Å². The number of esters is 3. The van der Waals surface area contributed by atoms with Gasteiger partial charge in [0, 0.05) is 11.4 Å². The maximum atomic E-state index is 13.3.